The molecule has 4 heteroatoms. The molecule has 1 aromatic rings. The fraction of sp³-hybridized carbons (Fsp3) is 0.703. The second-order valence-electron chi connectivity index (χ2n) is 16.1. The van der Waals surface area contributed by atoms with Crippen molar-refractivity contribution in [3.05, 3.63) is 51.6 Å². The van der Waals surface area contributed by atoms with Gasteiger partial charge in [-0.2, -0.15) is 0 Å². The van der Waals surface area contributed by atoms with Crippen LogP contribution in [0.25, 0.3) is 6.08 Å². The van der Waals surface area contributed by atoms with Crippen molar-refractivity contribution in [2.75, 3.05) is 0 Å². The molecule has 5 saturated carbocycles. The second kappa shape index (κ2) is 9.94. The number of carboxylic acids is 1. The maximum atomic E-state index is 13.1. The van der Waals surface area contributed by atoms with E-state index in [1.54, 1.807) is 0 Å². The van der Waals surface area contributed by atoms with Crippen LogP contribution >= 0.6 is 22.6 Å². The first-order chi connectivity index (χ1) is 19.2. The summed E-state index contributed by atoms with van der Waals surface area (Å²) in [6.45, 7) is 17.0. The van der Waals surface area contributed by atoms with Crippen molar-refractivity contribution in [2.45, 2.75) is 105 Å². The third-order valence-corrected chi connectivity index (χ3v) is 15.4. The smallest absolute Gasteiger partial charge is 0.309 e. The van der Waals surface area contributed by atoms with Crippen molar-refractivity contribution < 1.29 is 15.0 Å². The third-order valence-electron chi connectivity index (χ3n) is 14.7. The van der Waals surface area contributed by atoms with Gasteiger partial charge in [-0.3, -0.25) is 4.79 Å². The van der Waals surface area contributed by atoms with Gasteiger partial charge in [0.1, 0.15) is 0 Å². The first-order valence-electron chi connectivity index (χ1n) is 16.2. The highest BCUT2D eigenvalue weighted by molar-refractivity contribution is 14.1. The predicted molar refractivity (Wildman–Crippen MR) is 175 cm³/mol. The zero-order chi connectivity index (χ0) is 29.6. The fourth-order valence-corrected chi connectivity index (χ4v) is 12.6. The molecule has 5 fully saturated rings. The van der Waals surface area contributed by atoms with E-state index < -0.39 is 11.4 Å². The monoisotopic (exact) mass is 670 g/mol. The van der Waals surface area contributed by atoms with Gasteiger partial charge in [-0.15, -0.1) is 0 Å². The molecule has 3 nitrogen and oxygen atoms in total. The van der Waals surface area contributed by atoms with Crippen LogP contribution in [0.15, 0.2) is 42.5 Å². The molecule has 10 atom stereocenters. The number of aliphatic carboxylic acids is 1. The molecule has 0 unspecified atom stereocenters. The van der Waals surface area contributed by atoms with Crippen LogP contribution in [0.2, 0.25) is 0 Å². The van der Waals surface area contributed by atoms with Crippen LogP contribution in [0, 0.1) is 60.2 Å². The van der Waals surface area contributed by atoms with E-state index in [9.17, 15) is 15.0 Å². The summed E-state index contributed by atoms with van der Waals surface area (Å²) in [4.78, 5) is 13.1. The largest absolute Gasteiger partial charge is 0.481 e. The molecule has 0 amide bonds. The Balaban J connectivity index is 1.35. The van der Waals surface area contributed by atoms with E-state index in [2.05, 4.69) is 100 Å². The molecule has 0 bridgehead atoms. The number of fused-ring (bicyclic) bond motifs is 7. The van der Waals surface area contributed by atoms with Gasteiger partial charge in [-0.25, -0.2) is 0 Å². The van der Waals surface area contributed by atoms with E-state index in [0.717, 1.165) is 50.5 Å². The number of hydrogen-bond acceptors (Lipinski definition) is 2. The van der Waals surface area contributed by atoms with Gasteiger partial charge in [0.25, 0.3) is 0 Å². The summed E-state index contributed by atoms with van der Waals surface area (Å²) in [5, 5.41) is 21.8. The Labute approximate surface area is 261 Å². The molecular weight excluding hydrogens is 619 g/mol. The molecule has 0 spiro atoms. The molecule has 5 aliphatic rings. The van der Waals surface area contributed by atoms with E-state index in [1.165, 1.54) is 28.4 Å². The van der Waals surface area contributed by atoms with Gasteiger partial charge in [0.15, 0.2) is 0 Å². The van der Waals surface area contributed by atoms with Crippen molar-refractivity contribution in [1.82, 2.24) is 0 Å². The Bertz CT molecular complexity index is 1250. The SMILES string of the molecule is C=C(/C=C/c1ccc(I)cc1)[C@@H]1CC[C@]2(C(=O)O)CC[C@]3(C)[C@H](CC[C@@H]4[C@@]5(C)CC[C@H](O)C(C)(C)[C@@H]5CC[C@]43C)[C@@H]12. The number of benzene rings is 1. The lowest BCUT2D eigenvalue weighted by Crippen LogP contribution is -2.67. The molecule has 2 N–H and O–H groups in total. The van der Waals surface area contributed by atoms with Crippen molar-refractivity contribution in [2.24, 2.45) is 56.7 Å². The van der Waals surface area contributed by atoms with Crippen LogP contribution in [0.5, 0.6) is 0 Å². The predicted octanol–water partition coefficient (Wildman–Crippen LogP) is 9.39. The van der Waals surface area contributed by atoms with E-state index >= 15 is 0 Å². The van der Waals surface area contributed by atoms with Crippen LogP contribution < -0.4 is 0 Å². The fourth-order valence-electron chi connectivity index (χ4n) is 12.3. The van der Waals surface area contributed by atoms with Gasteiger partial charge in [0, 0.05) is 3.57 Å². The summed E-state index contributed by atoms with van der Waals surface area (Å²) in [6.07, 6.45) is 14.4. The molecule has 1 aromatic carbocycles. The molecule has 0 saturated heterocycles. The van der Waals surface area contributed by atoms with Crippen LogP contribution in [-0.2, 0) is 4.79 Å². The maximum absolute atomic E-state index is 13.1. The van der Waals surface area contributed by atoms with E-state index in [4.69, 9.17) is 0 Å². The minimum absolute atomic E-state index is 0.0469. The highest BCUT2D eigenvalue weighted by Crippen LogP contribution is 2.77. The number of carbonyl (C=O) groups is 1. The van der Waals surface area contributed by atoms with Gasteiger partial charge in [-0.1, -0.05) is 71.1 Å². The molecule has 41 heavy (non-hydrogen) atoms. The average molecular weight is 671 g/mol. The number of rotatable bonds is 4. The van der Waals surface area contributed by atoms with Crippen LogP contribution in [0.3, 0.4) is 0 Å². The highest BCUT2D eigenvalue weighted by Gasteiger charge is 2.72. The molecule has 6 rings (SSSR count). The molecule has 0 heterocycles. The number of allylic oxidation sites excluding steroid dienone is 2. The Kier molecular flexibility index (Phi) is 7.25. The van der Waals surface area contributed by atoms with Gasteiger partial charge in [-0.05, 0) is 156 Å². The second-order valence-corrected chi connectivity index (χ2v) is 17.4. The zero-order valence-electron chi connectivity index (χ0n) is 25.9. The summed E-state index contributed by atoms with van der Waals surface area (Å²) in [5.74, 6) is 1.40. The van der Waals surface area contributed by atoms with Crippen molar-refractivity contribution >= 4 is 34.6 Å². The summed E-state index contributed by atoms with van der Waals surface area (Å²) >= 11 is 2.33. The van der Waals surface area contributed by atoms with Crippen LogP contribution in [0.4, 0.5) is 0 Å². The normalized spacial score (nSPS) is 46.7. The summed E-state index contributed by atoms with van der Waals surface area (Å²) in [6, 6.07) is 8.54. The molecular formula is C37H51IO3. The quantitative estimate of drug-likeness (QED) is 0.248. The Morgan fingerprint density at radius 1 is 0.878 bits per heavy atom. The van der Waals surface area contributed by atoms with Gasteiger partial charge in [0.2, 0.25) is 0 Å². The number of aliphatic hydroxyl groups is 1. The third kappa shape index (κ3) is 4.15. The standard InChI is InChI=1S/C37H51IO3/c1-23(7-8-24-9-11-25(38)12-10-24)26-15-20-37(32(40)41)22-21-35(5)27(31(26)37)13-14-29-34(4)18-17-30(39)33(2,3)28(34)16-19-36(29,35)6/h7-12,26-31,39H,1,13-22H2,2-6H3,(H,40,41)/b8-7+/t26-,27+,28-,29+,30-,31+,34-,35+,36+,37-/m0/s1. The number of carboxylic acid groups (broad SMARTS) is 1. The number of aliphatic hydroxyl groups excluding tert-OH is 1. The first kappa shape index (κ1) is 29.9. The molecule has 5 aliphatic carbocycles. The van der Waals surface area contributed by atoms with Crippen LogP contribution in [-0.4, -0.2) is 22.3 Å². The van der Waals surface area contributed by atoms with E-state index in [-0.39, 0.29) is 39.6 Å². The molecule has 224 valence electrons. The van der Waals surface area contributed by atoms with Gasteiger partial charge >= 0.3 is 5.97 Å². The topological polar surface area (TPSA) is 57.5 Å². The maximum Gasteiger partial charge on any atom is 0.309 e. The van der Waals surface area contributed by atoms with Gasteiger partial charge < -0.3 is 10.2 Å². The van der Waals surface area contributed by atoms with Crippen LogP contribution in [0.1, 0.15) is 104 Å². The molecule has 0 aromatic heterocycles. The minimum Gasteiger partial charge on any atom is -0.481 e. The molecule has 0 aliphatic heterocycles. The number of halogens is 1. The van der Waals surface area contributed by atoms with Crippen molar-refractivity contribution in [1.29, 1.82) is 0 Å². The molecule has 0 radical (unpaired) electrons. The summed E-state index contributed by atoms with van der Waals surface area (Å²) in [5.41, 5.74) is 2.17. The lowest BCUT2D eigenvalue weighted by molar-refractivity contribution is -0.248. The Morgan fingerprint density at radius 3 is 2.27 bits per heavy atom. The highest BCUT2D eigenvalue weighted by atomic mass is 127. The zero-order valence-corrected chi connectivity index (χ0v) is 28.0. The summed E-state index contributed by atoms with van der Waals surface area (Å²) in [7, 11) is 0. The average Bonchev–Trinajstić information content (AvgIpc) is 3.32. The Morgan fingerprint density at radius 2 is 1.59 bits per heavy atom. The van der Waals surface area contributed by atoms with E-state index in [1.807, 2.05) is 0 Å². The van der Waals surface area contributed by atoms with Gasteiger partial charge in [0.05, 0.1) is 11.5 Å². The lowest BCUT2D eigenvalue weighted by Gasteiger charge is -2.72. The minimum atomic E-state index is -0.615. The summed E-state index contributed by atoms with van der Waals surface area (Å²) < 4.78 is 1.22. The van der Waals surface area contributed by atoms with Crippen molar-refractivity contribution in [3.8, 4) is 0 Å². The van der Waals surface area contributed by atoms with Crippen molar-refractivity contribution in [3.63, 3.8) is 0 Å². The van der Waals surface area contributed by atoms with E-state index in [0.29, 0.717) is 17.8 Å². The lowest BCUT2D eigenvalue weighted by atomic mass is 9.32. The number of hydrogen-bond donors (Lipinski definition) is 2. The Hall–Kier alpha value is -1.14. The first-order valence-corrected chi connectivity index (χ1v) is 17.3.